The van der Waals surface area contributed by atoms with E-state index in [1.54, 1.807) is 39.8 Å². The molecule has 0 bridgehead atoms. The van der Waals surface area contributed by atoms with Gasteiger partial charge in [-0.25, -0.2) is 9.78 Å². The fourth-order valence-electron chi connectivity index (χ4n) is 1.58. The Kier molecular flexibility index (Phi) is 5.95. The van der Waals surface area contributed by atoms with E-state index in [4.69, 9.17) is 16.3 Å². The first-order valence-electron chi connectivity index (χ1n) is 6.56. The SMILES string of the molecule is Cc1ccc(C(O)C(O)CNC(=O)OC(C)(C)C)c(Cl)n1. The second-order valence-corrected chi connectivity index (χ2v) is 6.09. The molecule has 0 aliphatic rings. The minimum atomic E-state index is -1.25. The molecule has 0 aliphatic carbocycles. The van der Waals surface area contributed by atoms with E-state index in [9.17, 15) is 15.0 Å². The monoisotopic (exact) mass is 316 g/mol. The fraction of sp³-hybridized carbons (Fsp3) is 0.571. The van der Waals surface area contributed by atoms with Crippen LogP contribution in [0, 0.1) is 6.92 Å². The summed E-state index contributed by atoms with van der Waals surface area (Å²) >= 11 is 5.92. The Hall–Kier alpha value is -1.37. The van der Waals surface area contributed by atoms with E-state index in [2.05, 4.69) is 10.3 Å². The maximum Gasteiger partial charge on any atom is 0.407 e. The maximum atomic E-state index is 11.5. The lowest BCUT2D eigenvalue weighted by Gasteiger charge is -2.22. The molecule has 0 fully saturated rings. The van der Waals surface area contributed by atoms with E-state index in [0.717, 1.165) is 0 Å². The third-order valence-electron chi connectivity index (χ3n) is 2.55. The highest BCUT2D eigenvalue weighted by Crippen LogP contribution is 2.23. The zero-order chi connectivity index (χ0) is 16.2. The largest absolute Gasteiger partial charge is 0.444 e. The summed E-state index contributed by atoms with van der Waals surface area (Å²) < 4.78 is 5.03. The van der Waals surface area contributed by atoms with Crippen molar-refractivity contribution in [2.75, 3.05) is 6.54 Å². The molecule has 0 saturated heterocycles. The Morgan fingerprint density at radius 1 is 1.43 bits per heavy atom. The van der Waals surface area contributed by atoms with Crippen molar-refractivity contribution in [2.45, 2.75) is 45.5 Å². The highest BCUT2D eigenvalue weighted by molar-refractivity contribution is 6.30. The highest BCUT2D eigenvalue weighted by Gasteiger charge is 2.23. The number of hydrogen-bond acceptors (Lipinski definition) is 5. The van der Waals surface area contributed by atoms with E-state index >= 15 is 0 Å². The summed E-state index contributed by atoms with van der Waals surface area (Å²) in [4.78, 5) is 15.5. The molecule has 2 atom stereocenters. The summed E-state index contributed by atoms with van der Waals surface area (Å²) in [5.74, 6) is 0. The lowest BCUT2D eigenvalue weighted by Crippen LogP contribution is -2.38. The summed E-state index contributed by atoms with van der Waals surface area (Å²) in [6.45, 7) is 6.80. The number of amides is 1. The van der Waals surface area contributed by atoms with Crippen LogP contribution in [0.3, 0.4) is 0 Å². The van der Waals surface area contributed by atoms with Crippen LogP contribution < -0.4 is 5.32 Å². The van der Waals surface area contributed by atoms with E-state index in [1.165, 1.54) is 0 Å². The Morgan fingerprint density at radius 3 is 2.57 bits per heavy atom. The van der Waals surface area contributed by atoms with Crippen LogP contribution >= 0.6 is 11.6 Å². The summed E-state index contributed by atoms with van der Waals surface area (Å²) in [7, 11) is 0. The molecule has 0 aromatic carbocycles. The van der Waals surface area contributed by atoms with Gasteiger partial charge >= 0.3 is 6.09 Å². The highest BCUT2D eigenvalue weighted by atomic mass is 35.5. The van der Waals surface area contributed by atoms with Crippen molar-refractivity contribution in [3.63, 3.8) is 0 Å². The standard InChI is InChI=1S/C14H21ClN2O4/c1-8-5-6-9(12(15)17-8)11(19)10(18)7-16-13(20)21-14(2,3)4/h5-6,10-11,18-19H,7H2,1-4H3,(H,16,20). The van der Waals surface area contributed by atoms with Crippen LogP contribution in [0.15, 0.2) is 12.1 Å². The number of nitrogens with one attached hydrogen (secondary N) is 1. The van der Waals surface area contributed by atoms with Crippen molar-refractivity contribution in [1.29, 1.82) is 0 Å². The summed E-state index contributed by atoms with van der Waals surface area (Å²) in [6, 6.07) is 3.27. The van der Waals surface area contributed by atoms with Crippen molar-refractivity contribution in [3.8, 4) is 0 Å². The van der Waals surface area contributed by atoms with E-state index in [-0.39, 0.29) is 11.7 Å². The van der Waals surface area contributed by atoms with Crippen LogP contribution in [0.1, 0.15) is 38.1 Å². The fourth-order valence-corrected chi connectivity index (χ4v) is 1.89. The smallest absolute Gasteiger partial charge is 0.407 e. The van der Waals surface area contributed by atoms with Gasteiger partial charge in [0.2, 0.25) is 0 Å². The van der Waals surface area contributed by atoms with Crippen LogP contribution in [-0.4, -0.2) is 39.5 Å². The van der Waals surface area contributed by atoms with Gasteiger partial charge in [0.15, 0.2) is 0 Å². The summed E-state index contributed by atoms with van der Waals surface area (Å²) in [5, 5.41) is 22.5. The number of alkyl carbamates (subject to hydrolysis) is 1. The number of nitrogens with zero attached hydrogens (tertiary/aromatic N) is 1. The van der Waals surface area contributed by atoms with Gasteiger partial charge in [-0.05, 0) is 33.8 Å². The lowest BCUT2D eigenvalue weighted by molar-refractivity contribution is 0.0128. The molecule has 6 nitrogen and oxygen atoms in total. The second kappa shape index (κ2) is 7.06. The Bertz CT molecular complexity index is 502. The zero-order valence-corrected chi connectivity index (χ0v) is 13.3. The first-order chi connectivity index (χ1) is 9.60. The number of carbonyl (C=O) groups excluding carboxylic acids is 1. The zero-order valence-electron chi connectivity index (χ0n) is 12.6. The minimum Gasteiger partial charge on any atom is -0.444 e. The molecule has 0 saturated carbocycles. The molecular weight excluding hydrogens is 296 g/mol. The predicted octanol–water partition coefficient (Wildman–Crippen LogP) is 1.96. The van der Waals surface area contributed by atoms with Crippen LogP contribution in [-0.2, 0) is 4.74 Å². The van der Waals surface area contributed by atoms with E-state index in [1.807, 2.05) is 0 Å². The van der Waals surface area contributed by atoms with Gasteiger partial charge in [0.25, 0.3) is 0 Å². The second-order valence-electron chi connectivity index (χ2n) is 5.73. The maximum absolute atomic E-state index is 11.5. The third-order valence-corrected chi connectivity index (χ3v) is 2.86. The van der Waals surface area contributed by atoms with Gasteiger partial charge < -0.3 is 20.3 Å². The topological polar surface area (TPSA) is 91.7 Å². The molecule has 1 rings (SSSR count). The molecule has 1 amide bonds. The van der Waals surface area contributed by atoms with Crippen molar-refractivity contribution in [3.05, 3.63) is 28.5 Å². The Labute approximate surface area is 129 Å². The van der Waals surface area contributed by atoms with Gasteiger partial charge in [0, 0.05) is 17.8 Å². The summed E-state index contributed by atoms with van der Waals surface area (Å²) in [6.07, 6.45) is -3.14. The van der Waals surface area contributed by atoms with Crippen LogP contribution in [0.4, 0.5) is 4.79 Å². The van der Waals surface area contributed by atoms with Crippen molar-refractivity contribution < 1.29 is 19.7 Å². The predicted molar refractivity (Wildman–Crippen MR) is 79.2 cm³/mol. The van der Waals surface area contributed by atoms with Gasteiger partial charge in [0.05, 0.1) is 0 Å². The lowest BCUT2D eigenvalue weighted by atomic mass is 10.1. The number of aryl methyl sites for hydroxylation is 1. The molecule has 7 heteroatoms. The average molecular weight is 317 g/mol. The van der Waals surface area contributed by atoms with Gasteiger partial charge in [-0.3, -0.25) is 0 Å². The first-order valence-corrected chi connectivity index (χ1v) is 6.94. The number of aliphatic hydroxyl groups excluding tert-OH is 2. The number of halogens is 1. The number of carbonyl (C=O) groups is 1. The Balaban J connectivity index is 2.59. The number of hydrogen-bond donors (Lipinski definition) is 3. The van der Waals surface area contributed by atoms with Crippen molar-refractivity contribution in [1.82, 2.24) is 10.3 Å². The van der Waals surface area contributed by atoms with Crippen molar-refractivity contribution in [2.24, 2.45) is 0 Å². The molecule has 0 spiro atoms. The van der Waals surface area contributed by atoms with Crippen LogP contribution in [0.25, 0.3) is 0 Å². The van der Waals surface area contributed by atoms with Gasteiger partial charge in [-0.1, -0.05) is 17.7 Å². The molecule has 118 valence electrons. The Morgan fingerprint density at radius 2 is 2.05 bits per heavy atom. The van der Waals surface area contributed by atoms with E-state index < -0.39 is 23.9 Å². The number of pyridine rings is 1. The van der Waals surface area contributed by atoms with Gasteiger partial charge in [-0.15, -0.1) is 0 Å². The number of ether oxygens (including phenoxy) is 1. The average Bonchev–Trinajstić information content (AvgIpc) is 2.33. The third kappa shape index (κ3) is 5.87. The minimum absolute atomic E-state index is 0.124. The first kappa shape index (κ1) is 17.7. The number of aliphatic hydroxyl groups is 2. The van der Waals surface area contributed by atoms with Crippen molar-refractivity contribution >= 4 is 17.7 Å². The number of aromatic nitrogens is 1. The molecule has 1 heterocycles. The molecule has 21 heavy (non-hydrogen) atoms. The molecular formula is C14H21ClN2O4. The molecule has 0 aliphatic heterocycles. The van der Waals surface area contributed by atoms with Crippen LogP contribution in [0.2, 0.25) is 5.15 Å². The molecule has 0 radical (unpaired) electrons. The molecule has 1 aromatic rings. The van der Waals surface area contributed by atoms with Gasteiger partial charge in [0.1, 0.15) is 23.0 Å². The summed E-state index contributed by atoms with van der Waals surface area (Å²) in [5.41, 5.74) is 0.385. The van der Waals surface area contributed by atoms with Gasteiger partial charge in [-0.2, -0.15) is 0 Å². The molecule has 1 aromatic heterocycles. The quantitative estimate of drug-likeness (QED) is 0.739. The molecule has 2 unspecified atom stereocenters. The van der Waals surface area contributed by atoms with Crippen LogP contribution in [0.5, 0.6) is 0 Å². The number of rotatable bonds is 4. The normalized spacial score (nSPS) is 14.4. The molecule has 3 N–H and O–H groups in total. The van der Waals surface area contributed by atoms with E-state index in [0.29, 0.717) is 11.3 Å².